The van der Waals surface area contributed by atoms with Crippen LogP contribution in [0.1, 0.15) is 86.5 Å². The highest BCUT2D eigenvalue weighted by atomic mass is 16.7. The lowest BCUT2D eigenvalue weighted by molar-refractivity contribution is -0.197. The third-order valence-corrected chi connectivity index (χ3v) is 6.50. The van der Waals surface area contributed by atoms with E-state index in [0.717, 1.165) is 50.8 Å². The maximum Gasteiger partial charge on any atom is 0.168 e. The molecular formula is C22H43NO2. The molecule has 148 valence electrons. The predicted octanol–water partition coefficient (Wildman–Crippen LogP) is 5.48. The van der Waals surface area contributed by atoms with Crippen LogP contribution in [0.2, 0.25) is 0 Å². The summed E-state index contributed by atoms with van der Waals surface area (Å²) in [5, 5.41) is 0. The van der Waals surface area contributed by atoms with Crippen molar-refractivity contribution >= 4 is 0 Å². The van der Waals surface area contributed by atoms with Gasteiger partial charge in [-0.05, 0) is 49.5 Å². The van der Waals surface area contributed by atoms with Gasteiger partial charge in [-0.15, -0.1) is 0 Å². The molecular weight excluding hydrogens is 310 g/mol. The number of rotatable bonds is 9. The van der Waals surface area contributed by atoms with E-state index < -0.39 is 0 Å². The summed E-state index contributed by atoms with van der Waals surface area (Å²) in [5.41, 5.74) is 0.465. The summed E-state index contributed by atoms with van der Waals surface area (Å²) in [5.74, 6) is 1.30. The lowest BCUT2D eigenvalue weighted by atomic mass is 9.68. The van der Waals surface area contributed by atoms with Gasteiger partial charge >= 0.3 is 0 Å². The first-order valence-electron chi connectivity index (χ1n) is 10.8. The average molecular weight is 354 g/mol. The van der Waals surface area contributed by atoms with Crippen LogP contribution in [-0.2, 0) is 9.47 Å². The van der Waals surface area contributed by atoms with E-state index in [1.807, 2.05) is 0 Å². The monoisotopic (exact) mass is 353 g/mol. The van der Waals surface area contributed by atoms with Crippen molar-refractivity contribution in [3.8, 4) is 0 Å². The zero-order valence-corrected chi connectivity index (χ0v) is 17.8. The molecule has 0 aromatic heterocycles. The van der Waals surface area contributed by atoms with Crippen molar-refractivity contribution in [3.05, 3.63) is 0 Å². The maximum atomic E-state index is 6.46. The fourth-order valence-corrected chi connectivity index (χ4v) is 4.93. The molecule has 25 heavy (non-hydrogen) atoms. The van der Waals surface area contributed by atoms with Crippen molar-refractivity contribution in [1.29, 1.82) is 0 Å². The average Bonchev–Trinajstić information content (AvgIpc) is 2.94. The predicted molar refractivity (Wildman–Crippen MR) is 106 cm³/mol. The minimum Gasteiger partial charge on any atom is -0.347 e. The van der Waals surface area contributed by atoms with Crippen LogP contribution in [0, 0.1) is 17.3 Å². The Kier molecular flexibility index (Phi) is 7.79. The van der Waals surface area contributed by atoms with Crippen molar-refractivity contribution in [2.24, 2.45) is 17.3 Å². The van der Waals surface area contributed by atoms with Crippen molar-refractivity contribution in [2.75, 3.05) is 26.2 Å². The Morgan fingerprint density at radius 1 is 1.16 bits per heavy atom. The molecule has 1 aliphatic carbocycles. The molecule has 1 spiro atoms. The highest BCUT2D eigenvalue weighted by Gasteiger charge is 2.46. The van der Waals surface area contributed by atoms with Gasteiger partial charge in [-0.2, -0.15) is 0 Å². The molecule has 0 bridgehead atoms. The Labute approximate surface area is 156 Å². The SMILES string of the molecule is CCCC(C)(C)C1CCC2(CC1)OCC(CCN(CC)CC(C)C)O2. The van der Waals surface area contributed by atoms with Crippen molar-refractivity contribution in [2.45, 2.75) is 98.4 Å². The van der Waals surface area contributed by atoms with Gasteiger partial charge in [0, 0.05) is 25.9 Å². The standard InChI is InChI=1S/C22H43NO2/c1-7-12-21(5,6)19-9-13-22(14-10-19)24-17-20(25-22)11-15-23(8-2)16-18(3)4/h18-20H,7-17H2,1-6H3. The Morgan fingerprint density at radius 3 is 2.40 bits per heavy atom. The molecule has 3 heteroatoms. The Hall–Kier alpha value is -0.120. The highest BCUT2D eigenvalue weighted by molar-refractivity contribution is 4.90. The molecule has 2 rings (SSSR count). The molecule has 1 atom stereocenters. The van der Waals surface area contributed by atoms with E-state index in [1.54, 1.807) is 0 Å². The fraction of sp³-hybridized carbons (Fsp3) is 1.00. The molecule has 1 aliphatic heterocycles. The van der Waals surface area contributed by atoms with Gasteiger partial charge in [0.1, 0.15) is 0 Å². The zero-order valence-electron chi connectivity index (χ0n) is 17.8. The molecule has 0 aromatic carbocycles. The third-order valence-electron chi connectivity index (χ3n) is 6.50. The molecule has 1 saturated carbocycles. The Morgan fingerprint density at radius 2 is 1.84 bits per heavy atom. The summed E-state index contributed by atoms with van der Waals surface area (Å²) < 4.78 is 12.7. The van der Waals surface area contributed by atoms with Crippen LogP contribution in [0.4, 0.5) is 0 Å². The molecule has 0 aromatic rings. The van der Waals surface area contributed by atoms with Gasteiger partial charge in [0.15, 0.2) is 5.79 Å². The molecule has 2 fully saturated rings. The van der Waals surface area contributed by atoms with Crippen LogP contribution in [0.5, 0.6) is 0 Å². The van der Waals surface area contributed by atoms with Crippen LogP contribution < -0.4 is 0 Å². The van der Waals surface area contributed by atoms with Crippen molar-refractivity contribution < 1.29 is 9.47 Å². The molecule has 0 N–H and O–H groups in total. The second-order valence-corrected chi connectivity index (χ2v) is 9.55. The van der Waals surface area contributed by atoms with Crippen LogP contribution in [0.25, 0.3) is 0 Å². The van der Waals surface area contributed by atoms with Crippen LogP contribution >= 0.6 is 0 Å². The first-order chi connectivity index (χ1) is 11.8. The maximum absolute atomic E-state index is 6.46. The van der Waals surface area contributed by atoms with Crippen LogP contribution in [0.15, 0.2) is 0 Å². The topological polar surface area (TPSA) is 21.7 Å². The summed E-state index contributed by atoms with van der Waals surface area (Å²) in [6.07, 6.45) is 8.71. The molecule has 0 radical (unpaired) electrons. The molecule has 1 saturated heterocycles. The first kappa shape index (κ1) is 21.2. The zero-order chi connectivity index (χ0) is 18.5. The Bertz CT molecular complexity index is 385. The number of ether oxygens (including phenoxy) is 2. The van der Waals surface area contributed by atoms with Crippen LogP contribution in [-0.4, -0.2) is 43.0 Å². The number of nitrogens with zero attached hydrogens (tertiary/aromatic N) is 1. The van der Waals surface area contributed by atoms with E-state index in [0.29, 0.717) is 11.5 Å². The van der Waals surface area contributed by atoms with E-state index >= 15 is 0 Å². The van der Waals surface area contributed by atoms with Gasteiger partial charge in [0.2, 0.25) is 0 Å². The summed E-state index contributed by atoms with van der Waals surface area (Å²) in [6.45, 7) is 18.3. The van der Waals surface area contributed by atoms with E-state index in [2.05, 4.69) is 46.4 Å². The van der Waals surface area contributed by atoms with Gasteiger partial charge < -0.3 is 14.4 Å². The molecule has 1 heterocycles. The number of hydrogen-bond acceptors (Lipinski definition) is 3. The summed E-state index contributed by atoms with van der Waals surface area (Å²) >= 11 is 0. The molecule has 3 nitrogen and oxygen atoms in total. The minimum atomic E-state index is -0.251. The smallest absolute Gasteiger partial charge is 0.168 e. The third kappa shape index (κ3) is 5.94. The summed E-state index contributed by atoms with van der Waals surface area (Å²) in [6, 6.07) is 0. The van der Waals surface area contributed by atoms with Gasteiger partial charge in [-0.1, -0.05) is 48.0 Å². The summed E-state index contributed by atoms with van der Waals surface area (Å²) in [4.78, 5) is 2.54. The largest absolute Gasteiger partial charge is 0.347 e. The van der Waals surface area contributed by atoms with E-state index in [1.165, 1.54) is 32.2 Å². The lowest BCUT2D eigenvalue weighted by Gasteiger charge is -2.42. The molecule has 2 aliphatic rings. The highest BCUT2D eigenvalue weighted by Crippen LogP contribution is 2.47. The second-order valence-electron chi connectivity index (χ2n) is 9.55. The van der Waals surface area contributed by atoms with E-state index in [4.69, 9.17) is 9.47 Å². The van der Waals surface area contributed by atoms with Gasteiger partial charge in [-0.25, -0.2) is 0 Å². The van der Waals surface area contributed by atoms with Gasteiger partial charge in [0.05, 0.1) is 12.7 Å². The second kappa shape index (κ2) is 9.19. The normalized spacial score (nSPS) is 30.7. The Balaban J connectivity index is 1.77. The molecule has 0 amide bonds. The van der Waals surface area contributed by atoms with Crippen molar-refractivity contribution in [1.82, 2.24) is 4.90 Å². The van der Waals surface area contributed by atoms with Crippen molar-refractivity contribution in [3.63, 3.8) is 0 Å². The quantitative estimate of drug-likeness (QED) is 0.547. The van der Waals surface area contributed by atoms with Gasteiger partial charge in [0.25, 0.3) is 0 Å². The fourth-order valence-electron chi connectivity index (χ4n) is 4.93. The first-order valence-corrected chi connectivity index (χ1v) is 10.8. The van der Waals surface area contributed by atoms with Crippen LogP contribution in [0.3, 0.4) is 0 Å². The van der Waals surface area contributed by atoms with E-state index in [9.17, 15) is 0 Å². The lowest BCUT2D eigenvalue weighted by Crippen LogP contribution is -2.39. The summed E-state index contributed by atoms with van der Waals surface area (Å²) in [7, 11) is 0. The van der Waals surface area contributed by atoms with Gasteiger partial charge in [-0.3, -0.25) is 0 Å². The number of hydrogen-bond donors (Lipinski definition) is 0. The minimum absolute atomic E-state index is 0.251. The van der Waals surface area contributed by atoms with E-state index in [-0.39, 0.29) is 5.79 Å². The molecule has 1 unspecified atom stereocenters.